The molecule has 0 spiro atoms. The van der Waals surface area contributed by atoms with Crippen LogP contribution in [0.5, 0.6) is 5.75 Å². The monoisotopic (exact) mass is 970 g/mol. The molecule has 366 valence electrons. The fraction of sp³-hybridized carbons (Fsp3) is 0.404. The maximum atomic E-state index is 12.9. The van der Waals surface area contributed by atoms with E-state index in [2.05, 4.69) is 62.9 Å². The first kappa shape index (κ1) is 46.7. The van der Waals surface area contributed by atoms with E-state index >= 15 is 0 Å². The number of nitrogens with one attached hydrogen (secondary N) is 2. The second-order valence-corrected chi connectivity index (χ2v) is 21.2. The van der Waals surface area contributed by atoms with Crippen molar-refractivity contribution in [3.8, 4) is 16.9 Å². The number of ether oxygens (including phenoxy) is 1. The van der Waals surface area contributed by atoms with E-state index in [1.165, 1.54) is 35.1 Å². The Morgan fingerprint density at radius 2 is 1.70 bits per heavy atom. The largest absolute Gasteiger partial charge is 0.490 e. The molecule has 1 saturated carbocycles. The summed E-state index contributed by atoms with van der Waals surface area (Å²) in [6.45, 7) is 7.42. The molecule has 3 aliphatic heterocycles. The first-order valence-corrected chi connectivity index (χ1v) is 26.4. The molecular formula is C57H62N8O5S. The van der Waals surface area contributed by atoms with Crippen LogP contribution in [-0.2, 0) is 36.1 Å². The second-order valence-electron chi connectivity index (χ2n) is 20.2. The van der Waals surface area contributed by atoms with Crippen molar-refractivity contribution in [3.63, 3.8) is 0 Å². The molecular weight excluding hydrogens is 909 g/mol. The van der Waals surface area contributed by atoms with Gasteiger partial charge in [-0.05, 0) is 172 Å². The second kappa shape index (κ2) is 20.2. The van der Waals surface area contributed by atoms with E-state index in [1.807, 2.05) is 67.2 Å². The number of rotatable bonds is 14. The number of carbonyl (C=O) groups excluding carboxylic acids is 2. The molecule has 2 saturated heterocycles. The quantitative estimate of drug-likeness (QED) is 0.0892. The van der Waals surface area contributed by atoms with Gasteiger partial charge in [-0.15, -0.1) is 0 Å². The third-order valence-electron chi connectivity index (χ3n) is 15.8. The summed E-state index contributed by atoms with van der Waals surface area (Å²) in [6, 6.07) is 31.1. The van der Waals surface area contributed by atoms with Crippen molar-refractivity contribution < 1.29 is 24.2 Å². The van der Waals surface area contributed by atoms with Crippen LogP contribution in [0.1, 0.15) is 120 Å². The highest BCUT2D eigenvalue weighted by atomic mass is 32.1. The number of carboxylic acids is 1. The number of aryl methyl sites for hydroxylation is 1. The van der Waals surface area contributed by atoms with Gasteiger partial charge in [-0.1, -0.05) is 65.9 Å². The van der Waals surface area contributed by atoms with Crippen LogP contribution in [0, 0.1) is 12.8 Å². The lowest BCUT2D eigenvalue weighted by atomic mass is 9.84. The first-order valence-electron chi connectivity index (χ1n) is 25.6. The van der Waals surface area contributed by atoms with Crippen LogP contribution in [0.25, 0.3) is 32.2 Å². The Morgan fingerprint density at radius 3 is 2.52 bits per heavy atom. The first-order chi connectivity index (χ1) is 34.6. The van der Waals surface area contributed by atoms with Gasteiger partial charge in [0.2, 0.25) is 11.8 Å². The van der Waals surface area contributed by atoms with Crippen molar-refractivity contribution in [3.05, 3.63) is 130 Å². The Morgan fingerprint density at radius 1 is 0.873 bits per heavy atom. The minimum Gasteiger partial charge on any atom is -0.490 e. The fourth-order valence-corrected chi connectivity index (χ4v) is 12.6. The van der Waals surface area contributed by atoms with E-state index in [9.17, 15) is 19.5 Å². The molecule has 3 fully saturated rings. The van der Waals surface area contributed by atoms with Gasteiger partial charge in [0.1, 0.15) is 11.6 Å². The number of likely N-dealkylation sites (tertiary alicyclic amines) is 1. The molecule has 7 aromatic rings. The summed E-state index contributed by atoms with van der Waals surface area (Å²) in [5.74, 6) is 0.804. The highest BCUT2D eigenvalue weighted by Gasteiger charge is 2.33. The van der Waals surface area contributed by atoms with Crippen molar-refractivity contribution in [1.82, 2.24) is 30.0 Å². The lowest BCUT2D eigenvalue weighted by molar-refractivity contribution is -0.134. The predicted molar refractivity (Wildman–Crippen MR) is 279 cm³/mol. The summed E-state index contributed by atoms with van der Waals surface area (Å²) in [5.41, 5.74) is 10.3. The molecule has 13 nitrogen and oxygen atoms in total. The van der Waals surface area contributed by atoms with E-state index in [-0.39, 0.29) is 29.5 Å². The highest BCUT2D eigenvalue weighted by molar-refractivity contribution is 7.22. The van der Waals surface area contributed by atoms with Gasteiger partial charge in [0.05, 0.1) is 33.4 Å². The third-order valence-corrected chi connectivity index (χ3v) is 16.8. The van der Waals surface area contributed by atoms with Crippen molar-refractivity contribution in [1.29, 1.82) is 0 Å². The molecule has 0 radical (unpaired) electrons. The number of fused-ring (bicyclic) bond motifs is 3. The molecule has 4 aromatic carbocycles. The Labute approximate surface area is 418 Å². The lowest BCUT2D eigenvalue weighted by Crippen LogP contribution is -2.39. The summed E-state index contributed by atoms with van der Waals surface area (Å²) < 4.78 is 9.76. The van der Waals surface area contributed by atoms with Gasteiger partial charge >= 0.3 is 5.97 Å². The molecule has 2 amide bonds. The topological polar surface area (TPSA) is 155 Å². The number of para-hydroxylation sites is 1. The fourth-order valence-electron chi connectivity index (χ4n) is 11.7. The zero-order chi connectivity index (χ0) is 48.6. The molecule has 14 heteroatoms. The number of anilines is 2. The SMILES string of the molecule is Cc1c(O[C@H]2CC[C@H](CCCN3CCC(c4ccc5c(C6CCC(=O)NC6=O)nn(C)c5c4)CC3)CC2)cccc1-c1ccc(N2CCc3cccc(CNc4nc5ccccc5s4)c3C2)nc1C(=O)O. The molecule has 1 aliphatic carbocycles. The number of benzene rings is 4. The summed E-state index contributed by atoms with van der Waals surface area (Å²) in [6.07, 6.45) is 10.9. The van der Waals surface area contributed by atoms with Crippen molar-refractivity contribution in [2.24, 2.45) is 13.0 Å². The number of aromatic nitrogens is 4. The van der Waals surface area contributed by atoms with Crippen molar-refractivity contribution in [2.75, 3.05) is 36.4 Å². The van der Waals surface area contributed by atoms with E-state index in [0.29, 0.717) is 49.1 Å². The standard InChI is InChI=1S/C57H62N8O5S/c1-35-42(43-21-23-51(60-54(43)56(68)69)65-31-27-38-9-5-10-40(46(38)34-65)33-58-57-59-47-12-3-4-14-50(47)71-57)11-6-13-49(35)70-41-18-15-36(16-19-41)8-7-28-64-29-25-37(26-30-64)39-17-20-44-48(32-39)63(2)62-53(44)45-22-24-52(66)61-55(45)67/h3-6,9-14,17,20-21,23,32,36-37,41,45H,7-8,15-16,18-19,22,24-31,33-34H2,1-2H3,(H,58,59)(H,68,69)(H,61,66,67)/t36-,41-,45?. The number of nitrogens with zero attached hydrogens (tertiary/aromatic N) is 6. The lowest BCUT2D eigenvalue weighted by Gasteiger charge is -2.33. The number of amides is 2. The molecule has 6 heterocycles. The Kier molecular flexibility index (Phi) is 13.3. The smallest absolute Gasteiger partial charge is 0.355 e. The molecule has 3 aromatic heterocycles. The van der Waals surface area contributed by atoms with Gasteiger partial charge in [-0.3, -0.25) is 19.6 Å². The number of pyridine rings is 1. The van der Waals surface area contributed by atoms with Gasteiger partial charge < -0.3 is 25.0 Å². The maximum absolute atomic E-state index is 12.9. The van der Waals surface area contributed by atoms with Crippen molar-refractivity contribution >= 4 is 61.2 Å². The van der Waals surface area contributed by atoms with Gasteiger partial charge in [0.25, 0.3) is 0 Å². The zero-order valence-electron chi connectivity index (χ0n) is 40.7. The van der Waals surface area contributed by atoms with E-state index < -0.39 is 5.97 Å². The van der Waals surface area contributed by atoms with Gasteiger partial charge in [-0.25, -0.2) is 14.8 Å². The molecule has 3 N–H and O–H groups in total. The van der Waals surface area contributed by atoms with Gasteiger partial charge in [-0.2, -0.15) is 5.10 Å². The summed E-state index contributed by atoms with van der Waals surface area (Å²) in [7, 11) is 1.94. The van der Waals surface area contributed by atoms with E-state index in [1.54, 1.807) is 11.3 Å². The number of carbonyl (C=O) groups is 3. The van der Waals surface area contributed by atoms with Crippen LogP contribution >= 0.6 is 11.3 Å². The minimum absolute atomic E-state index is 0.0512. The summed E-state index contributed by atoms with van der Waals surface area (Å²) in [4.78, 5) is 51.7. The third kappa shape index (κ3) is 9.88. The Hall–Kier alpha value is -6.64. The molecule has 4 aliphatic rings. The molecule has 1 unspecified atom stereocenters. The van der Waals surface area contributed by atoms with E-state index in [4.69, 9.17) is 19.8 Å². The van der Waals surface area contributed by atoms with Crippen LogP contribution in [0.2, 0.25) is 0 Å². The number of hydrogen-bond acceptors (Lipinski definition) is 11. The summed E-state index contributed by atoms with van der Waals surface area (Å²) >= 11 is 1.66. The van der Waals surface area contributed by atoms with Crippen LogP contribution in [0.15, 0.2) is 91.0 Å². The predicted octanol–water partition coefficient (Wildman–Crippen LogP) is 10.5. The maximum Gasteiger partial charge on any atom is 0.355 e. The Bertz CT molecular complexity index is 3100. The normalized spacial score (nSPS) is 20.0. The van der Waals surface area contributed by atoms with E-state index in [0.717, 1.165) is 120 Å². The highest BCUT2D eigenvalue weighted by Crippen LogP contribution is 2.39. The van der Waals surface area contributed by atoms with Crippen LogP contribution in [-0.4, -0.2) is 79.8 Å². The molecule has 1 atom stereocenters. The Balaban J connectivity index is 0.658. The van der Waals surface area contributed by atoms with Crippen LogP contribution in [0.4, 0.5) is 10.9 Å². The van der Waals surface area contributed by atoms with Gasteiger partial charge in [0, 0.05) is 44.1 Å². The molecule has 71 heavy (non-hydrogen) atoms. The number of thiazole rings is 1. The van der Waals surface area contributed by atoms with Crippen molar-refractivity contribution in [2.45, 2.75) is 109 Å². The van der Waals surface area contributed by atoms with Crippen LogP contribution < -0.4 is 20.3 Å². The number of imide groups is 1. The minimum atomic E-state index is -1.04. The van der Waals surface area contributed by atoms with Crippen LogP contribution in [0.3, 0.4) is 0 Å². The zero-order valence-corrected chi connectivity index (χ0v) is 41.5. The number of piperidine rings is 2. The van der Waals surface area contributed by atoms with Gasteiger partial charge in [0.15, 0.2) is 10.8 Å². The number of aromatic carboxylic acids is 1. The molecule has 11 rings (SSSR count). The molecule has 0 bridgehead atoms. The number of carboxylic acid groups (broad SMARTS) is 1. The number of hydrogen-bond donors (Lipinski definition) is 3. The average molecular weight is 971 g/mol. The average Bonchev–Trinajstić information content (AvgIpc) is 3.96. The summed E-state index contributed by atoms with van der Waals surface area (Å²) in [5, 5.41) is 23.2.